The molecule has 3 aliphatic rings. The van der Waals surface area contributed by atoms with Gasteiger partial charge in [0.2, 0.25) is 5.91 Å². The highest BCUT2D eigenvalue weighted by Crippen LogP contribution is 2.40. The number of nitrogen functional groups attached to an aromatic ring is 1. The number of pyridine rings is 2. The minimum Gasteiger partial charge on any atom is -0.383 e. The molecule has 5 aromatic rings. The molecule has 3 aromatic heterocycles. The lowest BCUT2D eigenvalue weighted by atomic mass is 9.73. The third-order valence-corrected chi connectivity index (χ3v) is 10.1. The van der Waals surface area contributed by atoms with Gasteiger partial charge in [-0.15, -0.1) is 0 Å². The summed E-state index contributed by atoms with van der Waals surface area (Å²) in [7, 11) is 0. The number of aromatic nitrogens is 4. The van der Waals surface area contributed by atoms with Crippen molar-refractivity contribution in [1.29, 1.82) is 0 Å². The number of hydrogen-bond acceptors (Lipinski definition) is 7. The zero-order chi connectivity index (χ0) is 31.4. The number of rotatable bonds is 6. The molecule has 0 unspecified atom stereocenters. The van der Waals surface area contributed by atoms with Gasteiger partial charge in [-0.25, -0.2) is 19.3 Å². The van der Waals surface area contributed by atoms with Gasteiger partial charge < -0.3 is 21.3 Å². The van der Waals surface area contributed by atoms with Crippen LogP contribution >= 0.6 is 0 Å². The molecule has 1 aliphatic carbocycles. The molecule has 3 fully saturated rings. The molecular formula is C36H37FN8O. The highest BCUT2D eigenvalue weighted by Gasteiger charge is 2.34. The Bertz CT molecular complexity index is 1940. The summed E-state index contributed by atoms with van der Waals surface area (Å²) in [4.78, 5) is 30.7. The zero-order valence-corrected chi connectivity index (χ0v) is 25.7. The van der Waals surface area contributed by atoms with E-state index in [1.54, 1.807) is 12.3 Å². The third-order valence-electron chi connectivity index (χ3n) is 10.1. The lowest BCUT2D eigenvalue weighted by molar-refractivity contribution is -0.130. The second-order valence-electron chi connectivity index (χ2n) is 12.9. The van der Waals surface area contributed by atoms with E-state index in [1.165, 1.54) is 0 Å². The summed E-state index contributed by atoms with van der Waals surface area (Å²) in [5, 5.41) is 0. The summed E-state index contributed by atoms with van der Waals surface area (Å²) in [6.45, 7) is 2.24. The number of anilines is 2. The number of halogens is 1. The maximum atomic E-state index is 16.3. The average molecular weight is 617 g/mol. The van der Waals surface area contributed by atoms with Gasteiger partial charge in [-0.2, -0.15) is 0 Å². The number of carbonyl (C=O) groups is 1. The Morgan fingerprint density at radius 2 is 1.65 bits per heavy atom. The molecular weight excluding hydrogens is 579 g/mol. The number of amides is 1. The molecule has 5 heterocycles. The van der Waals surface area contributed by atoms with Crippen LogP contribution in [0.1, 0.15) is 50.5 Å². The maximum absolute atomic E-state index is 16.3. The van der Waals surface area contributed by atoms with Crippen LogP contribution in [0.4, 0.5) is 15.9 Å². The van der Waals surface area contributed by atoms with E-state index in [9.17, 15) is 4.79 Å². The van der Waals surface area contributed by atoms with Crippen molar-refractivity contribution in [3.05, 3.63) is 84.3 Å². The first-order valence-electron chi connectivity index (χ1n) is 16.2. The summed E-state index contributed by atoms with van der Waals surface area (Å²) in [5.74, 6) is 0.922. The summed E-state index contributed by atoms with van der Waals surface area (Å²) in [5.41, 5.74) is 18.1. The third kappa shape index (κ3) is 4.79. The predicted molar refractivity (Wildman–Crippen MR) is 178 cm³/mol. The van der Waals surface area contributed by atoms with Crippen molar-refractivity contribution in [3.63, 3.8) is 0 Å². The van der Waals surface area contributed by atoms with Gasteiger partial charge in [0.15, 0.2) is 17.3 Å². The van der Waals surface area contributed by atoms with Gasteiger partial charge in [0, 0.05) is 55.1 Å². The topological polar surface area (TPSA) is 119 Å². The molecule has 234 valence electrons. The number of carbonyl (C=O) groups excluding carboxylic acids is 1. The van der Waals surface area contributed by atoms with Crippen molar-refractivity contribution < 1.29 is 9.18 Å². The van der Waals surface area contributed by atoms with Crippen LogP contribution in [0.2, 0.25) is 0 Å². The Hall–Kier alpha value is -4.83. The van der Waals surface area contributed by atoms with E-state index in [0.717, 1.165) is 56.3 Å². The highest BCUT2D eigenvalue weighted by molar-refractivity contribution is 5.85. The Morgan fingerprint density at radius 1 is 0.870 bits per heavy atom. The lowest BCUT2D eigenvalue weighted by Gasteiger charge is -2.38. The van der Waals surface area contributed by atoms with E-state index in [1.807, 2.05) is 58.0 Å². The molecule has 2 saturated heterocycles. The molecule has 0 radical (unpaired) electrons. The summed E-state index contributed by atoms with van der Waals surface area (Å²) >= 11 is 0. The van der Waals surface area contributed by atoms with Crippen LogP contribution in [0.15, 0.2) is 72.9 Å². The fourth-order valence-electron chi connectivity index (χ4n) is 7.36. The molecule has 46 heavy (non-hydrogen) atoms. The second kappa shape index (κ2) is 11.2. The molecule has 0 atom stereocenters. The Kier molecular flexibility index (Phi) is 6.97. The van der Waals surface area contributed by atoms with Gasteiger partial charge in [0.1, 0.15) is 11.3 Å². The second-order valence-corrected chi connectivity index (χ2v) is 12.9. The Labute approximate surface area is 267 Å². The van der Waals surface area contributed by atoms with E-state index in [2.05, 4.69) is 22.0 Å². The number of hydrogen-bond donors (Lipinski definition) is 2. The summed E-state index contributed by atoms with van der Waals surface area (Å²) in [6.07, 6.45) is 7.99. The Balaban J connectivity index is 1.17. The number of imidazole rings is 1. The van der Waals surface area contributed by atoms with Gasteiger partial charge in [0.25, 0.3) is 0 Å². The van der Waals surface area contributed by atoms with Crippen LogP contribution in [-0.4, -0.2) is 56.0 Å². The normalized spacial score (nSPS) is 18.3. The quantitative estimate of drug-likeness (QED) is 0.248. The number of nitrogens with two attached hydrogens (primary N) is 2. The maximum Gasteiger partial charge on any atom is 0.222 e. The summed E-state index contributed by atoms with van der Waals surface area (Å²) in [6, 6.07) is 21.4. The van der Waals surface area contributed by atoms with E-state index in [4.69, 9.17) is 21.4 Å². The molecule has 1 amide bonds. The van der Waals surface area contributed by atoms with E-state index in [-0.39, 0.29) is 23.3 Å². The molecule has 2 aliphatic heterocycles. The largest absolute Gasteiger partial charge is 0.383 e. The minimum atomic E-state index is -0.300. The lowest BCUT2D eigenvalue weighted by Crippen LogP contribution is -2.45. The number of fused-ring (bicyclic) bond motifs is 1. The standard InChI is InChI=1S/C36H37FN8O/c37-32-26(5-1-7-30(32)43-21-15-24(16-22-43)44-20-3-8-31(44)46)28-13-14-29-35(41-28)45(34(42-29)27-6-2-19-40-33(27)38)25-11-9-23(10-12-25)36(39)17-4-18-36/h1-2,5-7,9-14,19,24H,3-4,8,15-18,20-22,39H2,(H2,38,40). The van der Waals surface area contributed by atoms with Gasteiger partial charge in [-0.05, 0) is 92.6 Å². The average Bonchev–Trinajstić information content (AvgIpc) is 3.67. The van der Waals surface area contributed by atoms with Crippen molar-refractivity contribution in [1.82, 2.24) is 24.4 Å². The molecule has 2 aromatic carbocycles. The van der Waals surface area contributed by atoms with Crippen LogP contribution < -0.4 is 16.4 Å². The molecule has 10 heteroatoms. The first kappa shape index (κ1) is 28.6. The zero-order valence-electron chi connectivity index (χ0n) is 25.7. The monoisotopic (exact) mass is 616 g/mol. The Morgan fingerprint density at radius 3 is 2.35 bits per heavy atom. The first-order valence-corrected chi connectivity index (χ1v) is 16.2. The first-order chi connectivity index (χ1) is 22.4. The van der Waals surface area contributed by atoms with E-state index in [0.29, 0.717) is 64.8 Å². The van der Waals surface area contributed by atoms with Crippen molar-refractivity contribution in [2.45, 2.75) is 56.5 Å². The van der Waals surface area contributed by atoms with Crippen LogP contribution in [0.5, 0.6) is 0 Å². The van der Waals surface area contributed by atoms with Gasteiger partial charge >= 0.3 is 0 Å². The molecule has 0 bridgehead atoms. The number of likely N-dealkylation sites (tertiary alicyclic amines) is 1. The van der Waals surface area contributed by atoms with Crippen LogP contribution in [0, 0.1) is 5.82 Å². The fraction of sp³-hybridized carbons (Fsp3) is 0.333. The minimum absolute atomic E-state index is 0.239. The SMILES string of the molecule is Nc1ncccc1-c1nc2ccc(-c3cccc(N4CCC(N5CCCC5=O)CC4)c3F)nc2n1-c1ccc(C2(N)CCC2)cc1. The van der Waals surface area contributed by atoms with Crippen molar-refractivity contribution in [2.75, 3.05) is 30.3 Å². The molecule has 9 nitrogen and oxygen atoms in total. The smallest absolute Gasteiger partial charge is 0.222 e. The molecule has 4 N–H and O–H groups in total. The van der Waals surface area contributed by atoms with Gasteiger partial charge in [-0.1, -0.05) is 18.2 Å². The van der Waals surface area contributed by atoms with E-state index < -0.39 is 0 Å². The van der Waals surface area contributed by atoms with Gasteiger partial charge in [0.05, 0.1) is 16.9 Å². The van der Waals surface area contributed by atoms with Crippen LogP contribution in [0.3, 0.4) is 0 Å². The van der Waals surface area contributed by atoms with Gasteiger partial charge in [-0.3, -0.25) is 9.36 Å². The van der Waals surface area contributed by atoms with E-state index >= 15 is 4.39 Å². The number of piperidine rings is 1. The molecule has 8 rings (SSSR count). The number of benzene rings is 2. The fourth-order valence-corrected chi connectivity index (χ4v) is 7.36. The molecule has 1 saturated carbocycles. The number of nitrogens with zero attached hydrogens (tertiary/aromatic N) is 6. The highest BCUT2D eigenvalue weighted by atomic mass is 19.1. The van der Waals surface area contributed by atoms with Crippen molar-refractivity contribution >= 4 is 28.6 Å². The molecule has 0 spiro atoms. The van der Waals surface area contributed by atoms with Crippen LogP contribution in [0.25, 0.3) is 39.5 Å². The predicted octanol–water partition coefficient (Wildman–Crippen LogP) is 5.80. The van der Waals surface area contributed by atoms with Crippen molar-refractivity contribution in [3.8, 4) is 28.3 Å². The van der Waals surface area contributed by atoms with Crippen LogP contribution in [-0.2, 0) is 10.3 Å². The summed E-state index contributed by atoms with van der Waals surface area (Å²) < 4.78 is 18.3. The van der Waals surface area contributed by atoms with Crippen molar-refractivity contribution in [2.24, 2.45) is 5.73 Å².